The minimum Gasteiger partial charge on any atom is -0.455 e. The highest BCUT2D eigenvalue weighted by Gasteiger charge is 2.20. The van der Waals surface area contributed by atoms with Crippen LogP contribution < -0.4 is 4.57 Å². The molecule has 35 heavy (non-hydrogen) atoms. The average Bonchev–Trinajstić information content (AvgIpc) is 3.24. The smallest absolute Gasteiger partial charge is 0.212 e. The molecule has 3 heterocycles. The van der Waals surface area contributed by atoms with Gasteiger partial charge in [-0.1, -0.05) is 54.1 Å². The van der Waals surface area contributed by atoms with Crippen LogP contribution in [-0.4, -0.2) is 4.98 Å². The summed E-state index contributed by atoms with van der Waals surface area (Å²) in [6.45, 7) is 4.28. The normalized spacial score (nSPS) is 11.4. The molecule has 0 spiro atoms. The van der Waals surface area contributed by atoms with Gasteiger partial charge in [-0.25, -0.2) is 4.57 Å². The Morgan fingerprint density at radius 2 is 1.60 bits per heavy atom. The first-order valence-corrected chi connectivity index (χ1v) is 12.0. The van der Waals surface area contributed by atoms with E-state index < -0.39 is 0 Å². The van der Waals surface area contributed by atoms with E-state index in [1.165, 1.54) is 33.5 Å². The fraction of sp³-hybridized carbons (Fsp3) is 0.125. The molecule has 0 aliphatic heterocycles. The maximum atomic E-state index is 6.44. The first-order chi connectivity index (χ1) is 17.1. The number of hydrogen-bond donors (Lipinski definition) is 0. The van der Waals surface area contributed by atoms with E-state index in [-0.39, 0.29) is 0 Å². The molecule has 0 aliphatic rings. The second kappa shape index (κ2) is 8.52. The molecule has 3 heteroatoms. The topological polar surface area (TPSA) is 29.9 Å². The Bertz CT molecular complexity index is 1700. The Labute approximate surface area is 205 Å². The third-order valence-corrected chi connectivity index (χ3v) is 6.75. The van der Waals surface area contributed by atoms with Crippen LogP contribution in [0.25, 0.3) is 44.5 Å². The van der Waals surface area contributed by atoms with Gasteiger partial charge in [0.25, 0.3) is 0 Å². The van der Waals surface area contributed by atoms with Crippen molar-refractivity contribution in [2.75, 3.05) is 0 Å². The molecule has 0 bridgehead atoms. The first kappa shape index (κ1) is 21.3. The van der Waals surface area contributed by atoms with Crippen LogP contribution in [0.5, 0.6) is 0 Å². The predicted octanol–water partition coefficient (Wildman–Crippen LogP) is 7.35. The number of pyridine rings is 2. The maximum absolute atomic E-state index is 6.44. The SMILES string of the molecule is Cc1ccc(-c2ccc(C)c[n+]2C)c(Cc2ccc3c(oc4ccccc43)c2-c2ccccn2)c1. The largest absolute Gasteiger partial charge is 0.455 e. The number of fused-ring (bicyclic) bond motifs is 3. The molecule has 0 aliphatic carbocycles. The summed E-state index contributed by atoms with van der Waals surface area (Å²) in [7, 11) is 2.12. The summed E-state index contributed by atoms with van der Waals surface area (Å²) in [5.41, 5.74) is 11.2. The van der Waals surface area contributed by atoms with Gasteiger partial charge in [0.1, 0.15) is 18.2 Å². The van der Waals surface area contributed by atoms with Gasteiger partial charge in [-0.05, 0) is 61.7 Å². The van der Waals surface area contributed by atoms with Gasteiger partial charge in [-0.2, -0.15) is 0 Å². The van der Waals surface area contributed by atoms with Crippen molar-refractivity contribution in [3.8, 4) is 22.5 Å². The quantitative estimate of drug-likeness (QED) is 0.260. The lowest BCUT2D eigenvalue weighted by molar-refractivity contribution is -0.660. The summed E-state index contributed by atoms with van der Waals surface area (Å²) in [5, 5.41) is 2.26. The lowest BCUT2D eigenvalue weighted by Gasteiger charge is -2.14. The molecule has 0 fully saturated rings. The van der Waals surface area contributed by atoms with Crippen molar-refractivity contribution in [2.45, 2.75) is 20.3 Å². The number of para-hydroxylation sites is 1. The number of aromatic nitrogens is 2. The first-order valence-electron chi connectivity index (χ1n) is 12.0. The molecule has 0 N–H and O–H groups in total. The standard InChI is InChI=1S/C32H27N2O/c1-21-11-14-25(29-16-12-22(2)20-34(29)3)24(18-21)19-23-13-15-27-26-8-4-5-10-30(26)35-32(27)31(23)28-9-6-7-17-33-28/h4-18,20H,19H2,1-3H3/q+1. The van der Waals surface area contributed by atoms with E-state index in [0.29, 0.717) is 0 Å². The molecule has 0 atom stereocenters. The van der Waals surface area contributed by atoms with Crippen molar-refractivity contribution in [3.63, 3.8) is 0 Å². The minimum absolute atomic E-state index is 0.782. The lowest BCUT2D eigenvalue weighted by Crippen LogP contribution is -2.31. The number of benzene rings is 3. The molecule has 6 aromatic rings. The van der Waals surface area contributed by atoms with Crippen molar-refractivity contribution in [3.05, 3.63) is 120 Å². The van der Waals surface area contributed by atoms with Gasteiger partial charge in [0, 0.05) is 39.7 Å². The molecule has 3 aromatic carbocycles. The Kier molecular flexibility index (Phi) is 5.18. The van der Waals surface area contributed by atoms with Crippen LogP contribution >= 0.6 is 0 Å². The highest BCUT2D eigenvalue weighted by Crippen LogP contribution is 2.38. The summed E-state index contributed by atoms with van der Waals surface area (Å²) >= 11 is 0. The number of hydrogen-bond acceptors (Lipinski definition) is 2. The van der Waals surface area contributed by atoms with Crippen molar-refractivity contribution in [2.24, 2.45) is 7.05 Å². The van der Waals surface area contributed by atoms with E-state index in [0.717, 1.165) is 39.6 Å². The predicted molar refractivity (Wildman–Crippen MR) is 142 cm³/mol. The van der Waals surface area contributed by atoms with Gasteiger partial charge in [-0.3, -0.25) is 4.98 Å². The Morgan fingerprint density at radius 3 is 2.43 bits per heavy atom. The summed E-state index contributed by atoms with van der Waals surface area (Å²) in [4.78, 5) is 4.73. The molecule has 0 unspecified atom stereocenters. The van der Waals surface area contributed by atoms with E-state index in [2.05, 4.69) is 92.3 Å². The van der Waals surface area contributed by atoms with Crippen molar-refractivity contribution >= 4 is 21.9 Å². The number of nitrogens with zero attached hydrogens (tertiary/aromatic N) is 2. The molecule has 170 valence electrons. The number of furan rings is 1. The zero-order valence-electron chi connectivity index (χ0n) is 20.2. The molecule has 0 saturated heterocycles. The molecule has 0 radical (unpaired) electrons. The maximum Gasteiger partial charge on any atom is 0.212 e. The average molecular weight is 456 g/mol. The van der Waals surface area contributed by atoms with E-state index in [1.807, 2.05) is 30.5 Å². The fourth-order valence-electron chi connectivity index (χ4n) is 5.12. The van der Waals surface area contributed by atoms with E-state index in [9.17, 15) is 0 Å². The van der Waals surface area contributed by atoms with Crippen molar-refractivity contribution < 1.29 is 8.98 Å². The van der Waals surface area contributed by atoms with Crippen molar-refractivity contribution in [1.82, 2.24) is 4.98 Å². The van der Waals surface area contributed by atoms with Crippen molar-refractivity contribution in [1.29, 1.82) is 0 Å². The molecule has 6 rings (SSSR count). The summed E-state index contributed by atoms with van der Waals surface area (Å²) in [6.07, 6.45) is 4.81. The second-order valence-corrected chi connectivity index (χ2v) is 9.33. The molecule has 0 saturated carbocycles. The highest BCUT2D eigenvalue weighted by molar-refractivity contribution is 6.10. The van der Waals surface area contributed by atoms with Gasteiger partial charge in [-0.15, -0.1) is 0 Å². The molecular weight excluding hydrogens is 428 g/mol. The summed E-state index contributed by atoms with van der Waals surface area (Å²) in [6, 6.07) is 29.9. The van der Waals surface area contributed by atoms with E-state index in [4.69, 9.17) is 9.40 Å². The van der Waals surface area contributed by atoms with Gasteiger partial charge in [0.15, 0.2) is 6.20 Å². The Hall–Kier alpha value is -4.24. The zero-order chi connectivity index (χ0) is 23.9. The van der Waals surface area contributed by atoms with Gasteiger partial charge in [0.05, 0.1) is 5.69 Å². The summed E-state index contributed by atoms with van der Waals surface area (Å²) < 4.78 is 8.66. The lowest BCUT2D eigenvalue weighted by atomic mass is 9.91. The number of aryl methyl sites for hydroxylation is 3. The van der Waals surface area contributed by atoms with E-state index >= 15 is 0 Å². The highest BCUT2D eigenvalue weighted by atomic mass is 16.3. The third kappa shape index (κ3) is 3.79. The van der Waals surface area contributed by atoms with Crippen LogP contribution in [0, 0.1) is 13.8 Å². The van der Waals surface area contributed by atoms with Crippen LogP contribution in [0.3, 0.4) is 0 Å². The van der Waals surface area contributed by atoms with Crippen LogP contribution in [0.4, 0.5) is 0 Å². The number of rotatable bonds is 4. The zero-order valence-corrected chi connectivity index (χ0v) is 20.2. The molecular formula is C32H27N2O+. The van der Waals surface area contributed by atoms with Gasteiger partial charge >= 0.3 is 0 Å². The fourth-order valence-corrected chi connectivity index (χ4v) is 5.12. The Balaban J connectivity index is 1.58. The van der Waals surface area contributed by atoms with Crippen LogP contribution in [-0.2, 0) is 13.5 Å². The minimum atomic E-state index is 0.782. The summed E-state index contributed by atoms with van der Waals surface area (Å²) in [5.74, 6) is 0. The van der Waals surface area contributed by atoms with Gasteiger partial charge < -0.3 is 4.42 Å². The van der Waals surface area contributed by atoms with E-state index in [1.54, 1.807) is 0 Å². The van der Waals surface area contributed by atoms with Gasteiger partial charge in [0.2, 0.25) is 5.69 Å². The van der Waals surface area contributed by atoms with Crippen LogP contribution in [0.1, 0.15) is 22.3 Å². The second-order valence-electron chi connectivity index (χ2n) is 9.33. The molecule has 3 nitrogen and oxygen atoms in total. The van der Waals surface area contributed by atoms with Crippen LogP contribution in [0.2, 0.25) is 0 Å². The van der Waals surface area contributed by atoms with Crippen LogP contribution in [0.15, 0.2) is 102 Å². The monoisotopic (exact) mass is 455 g/mol. The Morgan fingerprint density at radius 1 is 0.771 bits per heavy atom. The molecule has 0 amide bonds. The molecule has 3 aromatic heterocycles. The third-order valence-electron chi connectivity index (χ3n) is 6.75.